The maximum absolute atomic E-state index is 12.7. The molecule has 2 atom stereocenters. The number of ether oxygens (including phenoxy) is 2. The fourth-order valence-corrected chi connectivity index (χ4v) is 9.87. The van der Waals surface area contributed by atoms with Gasteiger partial charge in [-0.25, -0.2) is 0 Å². The van der Waals surface area contributed by atoms with E-state index < -0.39 is 26.5 Å². The fraction of sp³-hybridized carbons (Fsp3) is 0.873. The Balaban J connectivity index is 3.93. The second kappa shape index (κ2) is 55.0. The van der Waals surface area contributed by atoms with Crippen LogP contribution in [-0.4, -0.2) is 70.0 Å². The number of rotatable bonds is 58. The molecule has 0 aromatic carbocycles. The highest BCUT2D eigenvalue weighted by Crippen LogP contribution is 2.38. The molecule has 0 aromatic rings. The largest absolute Gasteiger partial charge is 0.756 e. The van der Waals surface area contributed by atoms with Gasteiger partial charge in [0.1, 0.15) is 19.8 Å². The number of phosphoric acid groups is 1. The molecule has 0 aromatic heterocycles. The number of likely N-dealkylation sites (N-methyl/N-ethyl adjacent to an activating group) is 1. The molecule has 0 spiro atoms. The SMILES string of the molecule is CC/C=C\C/C=C\C/C=C\CCCCCCCC(=O)OC(COC(=O)CCCCCCCCCCCCCCCCCCCCCCCCCCCCCCCCCCCC)COP(=O)([O-])OCC[N+](C)(C)C. The van der Waals surface area contributed by atoms with Crippen molar-refractivity contribution in [2.24, 2.45) is 0 Å². The molecule has 0 rings (SSSR count). The number of hydrogen-bond donors (Lipinski definition) is 0. The molecule has 430 valence electrons. The van der Waals surface area contributed by atoms with Gasteiger partial charge < -0.3 is 27.9 Å². The Morgan fingerprint density at radius 3 is 1.16 bits per heavy atom. The lowest BCUT2D eigenvalue weighted by Gasteiger charge is -2.28. The first-order chi connectivity index (χ1) is 35.5. The quantitative estimate of drug-likeness (QED) is 0.0195. The molecule has 0 aliphatic heterocycles. The molecule has 0 N–H and O–H groups in total. The number of esters is 2. The first-order valence-electron chi connectivity index (χ1n) is 31.2. The molecule has 0 aliphatic carbocycles. The van der Waals surface area contributed by atoms with Crippen LogP contribution in [0.2, 0.25) is 0 Å². The van der Waals surface area contributed by atoms with Crippen LogP contribution in [0.5, 0.6) is 0 Å². The zero-order valence-corrected chi connectivity index (χ0v) is 49.7. The Bertz CT molecular complexity index is 1330. The van der Waals surface area contributed by atoms with Crippen molar-refractivity contribution in [1.82, 2.24) is 0 Å². The third-order valence-corrected chi connectivity index (χ3v) is 14.9. The minimum absolute atomic E-state index is 0.0334. The summed E-state index contributed by atoms with van der Waals surface area (Å²) in [6.45, 7) is 4.15. The highest BCUT2D eigenvalue weighted by molar-refractivity contribution is 7.45. The molecular weight excluding hydrogens is 930 g/mol. The van der Waals surface area contributed by atoms with Crippen LogP contribution in [0.15, 0.2) is 36.5 Å². The van der Waals surface area contributed by atoms with Gasteiger partial charge in [0.25, 0.3) is 7.82 Å². The van der Waals surface area contributed by atoms with E-state index in [-0.39, 0.29) is 32.0 Å². The van der Waals surface area contributed by atoms with Crippen LogP contribution in [0.1, 0.15) is 303 Å². The monoisotopic (exact) mass is 1050 g/mol. The predicted octanol–water partition coefficient (Wildman–Crippen LogP) is 18.9. The first-order valence-corrected chi connectivity index (χ1v) is 32.7. The van der Waals surface area contributed by atoms with Crippen LogP contribution in [0.25, 0.3) is 0 Å². The molecule has 0 saturated carbocycles. The number of hydrogen-bond acceptors (Lipinski definition) is 8. The van der Waals surface area contributed by atoms with Crippen molar-refractivity contribution in [1.29, 1.82) is 0 Å². The van der Waals surface area contributed by atoms with E-state index in [0.717, 1.165) is 70.6 Å². The molecule has 0 fully saturated rings. The first kappa shape index (κ1) is 71.2. The maximum atomic E-state index is 12.7. The van der Waals surface area contributed by atoms with E-state index in [2.05, 4.69) is 50.3 Å². The Morgan fingerprint density at radius 2 is 0.781 bits per heavy atom. The second-order valence-electron chi connectivity index (χ2n) is 22.4. The highest BCUT2D eigenvalue weighted by Gasteiger charge is 2.22. The van der Waals surface area contributed by atoms with E-state index in [1.54, 1.807) is 0 Å². The minimum Gasteiger partial charge on any atom is -0.756 e. The summed E-state index contributed by atoms with van der Waals surface area (Å²) in [6.07, 6.45) is 68.1. The van der Waals surface area contributed by atoms with Crippen molar-refractivity contribution in [3.63, 3.8) is 0 Å². The average molecular weight is 1050 g/mol. The summed E-state index contributed by atoms with van der Waals surface area (Å²) < 4.78 is 34.1. The third kappa shape index (κ3) is 59.3. The van der Waals surface area contributed by atoms with Crippen molar-refractivity contribution in [2.75, 3.05) is 47.5 Å². The zero-order valence-electron chi connectivity index (χ0n) is 48.9. The maximum Gasteiger partial charge on any atom is 0.306 e. The van der Waals surface area contributed by atoms with Gasteiger partial charge in [0.05, 0.1) is 27.7 Å². The fourth-order valence-electron chi connectivity index (χ4n) is 9.15. The summed E-state index contributed by atoms with van der Waals surface area (Å²) in [5.41, 5.74) is 0. The molecule has 0 saturated heterocycles. The van der Waals surface area contributed by atoms with E-state index in [1.165, 1.54) is 199 Å². The summed E-state index contributed by atoms with van der Waals surface area (Å²) in [7, 11) is 1.16. The number of nitrogens with zero attached hydrogens (tertiary/aromatic N) is 1. The van der Waals surface area contributed by atoms with Crippen molar-refractivity contribution in [3.05, 3.63) is 36.5 Å². The summed E-state index contributed by atoms with van der Waals surface area (Å²) >= 11 is 0. The van der Waals surface area contributed by atoms with E-state index in [9.17, 15) is 19.0 Å². The summed E-state index contributed by atoms with van der Waals surface area (Å²) in [4.78, 5) is 37.8. The third-order valence-electron chi connectivity index (χ3n) is 13.9. The van der Waals surface area contributed by atoms with Crippen molar-refractivity contribution < 1.29 is 42.1 Å². The van der Waals surface area contributed by atoms with Crippen molar-refractivity contribution >= 4 is 19.8 Å². The molecule has 73 heavy (non-hydrogen) atoms. The summed E-state index contributed by atoms with van der Waals surface area (Å²) in [5.74, 6) is -0.841. The van der Waals surface area contributed by atoms with E-state index in [1.807, 2.05) is 21.1 Å². The molecule has 2 unspecified atom stereocenters. The Kier molecular flexibility index (Phi) is 53.7. The van der Waals surface area contributed by atoms with E-state index in [4.69, 9.17) is 18.5 Å². The number of carbonyl (C=O) groups is 2. The molecule has 0 amide bonds. The van der Waals surface area contributed by atoms with Gasteiger partial charge in [-0.15, -0.1) is 0 Å². The molecule has 0 radical (unpaired) electrons. The summed E-state index contributed by atoms with van der Waals surface area (Å²) in [6, 6.07) is 0. The zero-order chi connectivity index (χ0) is 53.5. The lowest BCUT2D eigenvalue weighted by molar-refractivity contribution is -0.870. The average Bonchev–Trinajstić information content (AvgIpc) is 3.35. The normalized spacial score (nSPS) is 13.5. The van der Waals surface area contributed by atoms with Crippen LogP contribution in [0, 0.1) is 0 Å². The van der Waals surface area contributed by atoms with Gasteiger partial charge in [-0.1, -0.05) is 281 Å². The van der Waals surface area contributed by atoms with Gasteiger partial charge in [0, 0.05) is 12.8 Å². The smallest absolute Gasteiger partial charge is 0.306 e. The molecule has 0 bridgehead atoms. The number of phosphoric ester groups is 1. The van der Waals surface area contributed by atoms with E-state index in [0.29, 0.717) is 17.4 Å². The van der Waals surface area contributed by atoms with Crippen LogP contribution in [0.4, 0.5) is 0 Å². The standard InChI is InChI=1S/C63H120NO8P/c1-6-8-10-12-14-16-18-20-22-23-24-25-26-27-28-29-30-31-32-33-34-35-36-37-38-39-40-42-43-45-47-49-51-53-55-62(65)69-59-61(60-71-73(67,68)70-58-57-64(3,4)5)72-63(66)56-54-52-50-48-46-44-41-21-19-17-15-13-11-9-7-2/h9,11,15,17,21,41,61H,6-8,10,12-14,16,18-20,22-40,42-60H2,1-5H3/b11-9-,17-15-,41-21-. The van der Waals surface area contributed by atoms with Gasteiger partial charge in [0.2, 0.25) is 0 Å². The number of unbranched alkanes of at least 4 members (excludes halogenated alkanes) is 38. The predicted molar refractivity (Wildman–Crippen MR) is 310 cm³/mol. The van der Waals surface area contributed by atoms with Gasteiger partial charge in [-0.2, -0.15) is 0 Å². The number of allylic oxidation sites excluding steroid dienone is 6. The molecular formula is C63H120NO8P. The minimum atomic E-state index is -4.64. The molecule has 0 heterocycles. The van der Waals surface area contributed by atoms with Crippen LogP contribution < -0.4 is 4.89 Å². The topological polar surface area (TPSA) is 111 Å². The molecule has 10 heteroatoms. The van der Waals surface area contributed by atoms with Crippen molar-refractivity contribution in [2.45, 2.75) is 309 Å². The van der Waals surface area contributed by atoms with Gasteiger partial charge in [-0.3, -0.25) is 14.2 Å². The number of carbonyl (C=O) groups excluding carboxylic acids is 2. The van der Waals surface area contributed by atoms with E-state index >= 15 is 0 Å². The van der Waals surface area contributed by atoms with Crippen LogP contribution >= 0.6 is 7.82 Å². The number of quaternary nitrogens is 1. The Labute approximate surface area is 452 Å². The highest BCUT2D eigenvalue weighted by atomic mass is 31.2. The second-order valence-corrected chi connectivity index (χ2v) is 23.8. The van der Waals surface area contributed by atoms with Gasteiger partial charge in [-0.05, 0) is 44.9 Å². The van der Waals surface area contributed by atoms with Gasteiger partial charge in [0.15, 0.2) is 6.10 Å². The lowest BCUT2D eigenvalue weighted by Crippen LogP contribution is -2.37. The van der Waals surface area contributed by atoms with Crippen LogP contribution in [0.3, 0.4) is 0 Å². The van der Waals surface area contributed by atoms with Crippen molar-refractivity contribution in [3.8, 4) is 0 Å². The molecule has 9 nitrogen and oxygen atoms in total. The molecule has 0 aliphatic rings. The Hall–Kier alpha value is -1.77. The van der Waals surface area contributed by atoms with Gasteiger partial charge >= 0.3 is 11.9 Å². The van der Waals surface area contributed by atoms with Crippen LogP contribution in [-0.2, 0) is 32.7 Å². The lowest BCUT2D eigenvalue weighted by atomic mass is 10.0. The summed E-state index contributed by atoms with van der Waals surface area (Å²) in [5, 5.41) is 0. The Morgan fingerprint density at radius 1 is 0.438 bits per heavy atom.